The van der Waals surface area contributed by atoms with E-state index < -0.39 is 34.6 Å². The minimum Gasteiger partial charge on any atom is -0.501 e. The summed E-state index contributed by atoms with van der Waals surface area (Å²) in [5.74, 6) is -2.08. The molecular formula is C17H15F3N4O3. The van der Waals surface area contributed by atoms with Crippen molar-refractivity contribution in [2.24, 2.45) is 5.92 Å². The molecule has 142 valence electrons. The zero-order chi connectivity index (χ0) is 19.6. The number of hydrogen-bond donors (Lipinski definition) is 0. The second-order valence-electron chi connectivity index (χ2n) is 5.86. The standard InChI is InChI=1S/C17H15F3N4O3/c1-2-27-7-12(14(25)10-3-4-10)15(26)11-5-6-13(24-9-21-8-22-24)23-16(11)17(18,19)20/h5-10H,2-4H2,1H3/b12-7-. The molecule has 1 fully saturated rings. The lowest BCUT2D eigenvalue weighted by Crippen LogP contribution is -2.22. The number of Topliss-reactive ketones (excluding diaryl/α,β-unsaturated/α-hetero) is 2. The SMILES string of the molecule is CCO/C=C(\C(=O)c1ccc(-n2cncn2)nc1C(F)(F)F)C(=O)C1CC1. The van der Waals surface area contributed by atoms with Gasteiger partial charge in [-0.25, -0.2) is 14.6 Å². The largest absolute Gasteiger partial charge is 0.501 e. The summed E-state index contributed by atoms with van der Waals surface area (Å²) in [6.07, 6.45) is -0.432. The molecule has 0 radical (unpaired) electrons. The van der Waals surface area contributed by atoms with Gasteiger partial charge in [-0.3, -0.25) is 9.59 Å². The van der Waals surface area contributed by atoms with Gasteiger partial charge in [0.15, 0.2) is 17.3 Å². The fraction of sp³-hybridized carbons (Fsp3) is 0.353. The summed E-state index contributed by atoms with van der Waals surface area (Å²) in [5.41, 5.74) is -2.52. The average Bonchev–Trinajstić information content (AvgIpc) is 3.34. The number of alkyl halides is 3. The van der Waals surface area contributed by atoms with E-state index >= 15 is 0 Å². The van der Waals surface area contributed by atoms with Gasteiger partial charge in [0, 0.05) is 5.92 Å². The van der Waals surface area contributed by atoms with Crippen LogP contribution in [0, 0.1) is 5.92 Å². The minimum atomic E-state index is -4.90. The topological polar surface area (TPSA) is 87.0 Å². The van der Waals surface area contributed by atoms with Crippen LogP contribution in [0.4, 0.5) is 13.2 Å². The molecule has 0 bridgehead atoms. The highest BCUT2D eigenvalue weighted by atomic mass is 19.4. The van der Waals surface area contributed by atoms with Gasteiger partial charge < -0.3 is 4.74 Å². The van der Waals surface area contributed by atoms with Crippen LogP contribution in [0.15, 0.2) is 36.6 Å². The highest BCUT2D eigenvalue weighted by Gasteiger charge is 2.41. The number of carbonyl (C=O) groups excluding carboxylic acids is 2. The van der Waals surface area contributed by atoms with Crippen LogP contribution in [-0.4, -0.2) is 37.9 Å². The first-order valence-electron chi connectivity index (χ1n) is 8.16. The van der Waals surface area contributed by atoms with Crippen molar-refractivity contribution in [1.29, 1.82) is 0 Å². The Labute approximate surface area is 151 Å². The number of ketones is 2. The molecule has 0 amide bonds. The lowest BCUT2D eigenvalue weighted by Gasteiger charge is -2.13. The Balaban J connectivity index is 2.05. The number of ether oxygens (including phenoxy) is 1. The van der Waals surface area contributed by atoms with Crippen molar-refractivity contribution >= 4 is 11.6 Å². The van der Waals surface area contributed by atoms with E-state index in [0.717, 1.165) is 23.3 Å². The van der Waals surface area contributed by atoms with E-state index in [4.69, 9.17) is 4.74 Å². The minimum absolute atomic E-state index is 0.153. The maximum absolute atomic E-state index is 13.5. The number of rotatable bonds is 7. The summed E-state index contributed by atoms with van der Waals surface area (Å²) >= 11 is 0. The average molecular weight is 380 g/mol. The molecule has 0 spiro atoms. The Morgan fingerprint density at radius 3 is 2.63 bits per heavy atom. The molecule has 0 atom stereocenters. The molecule has 2 heterocycles. The van der Waals surface area contributed by atoms with Crippen LogP contribution in [0.1, 0.15) is 35.8 Å². The third kappa shape index (κ3) is 4.04. The number of pyridine rings is 1. The van der Waals surface area contributed by atoms with Gasteiger partial charge in [0.2, 0.25) is 5.78 Å². The molecule has 1 aliphatic carbocycles. The Morgan fingerprint density at radius 1 is 1.33 bits per heavy atom. The maximum Gasteiger partial charge on any atom is 0.434 e. The Morgan fingerprint density at radius 2 is 2.07 bits per heavy atom. The number of carbonyl (C=O) groups is 2. The predicted octanol–water partition coefficient (Wildman–Crippen LogP) is 2.76. The maximum atomic E-state index is 13.5. The zero-order valence-electron chi connectivity index (χ0n) is 14.2. The van der Waals surface area contributed by atoms with Crippen LogP contribution in [0.2, 0.25) is 0 Å². The van der Waals surface area contributed by atoms with Crippen molar-refractivity contribution < 1.29 is 27.5 Å². The van der Waals surface area contributed by atoms with E-state index in [9.17, 15) is 22.8 Å². The fourth-order valence-electron chi connectivity index (χ4n) is 2.40. The van der Waals surface area contributed by atoms with E-state index in [1.165, 1.54) is 12.4 Å². The van der Waals surface area contributed by atoms with Gasteiger partial charge >= 0.3 is 6.18 Å². The van der Waals surface area contributed by atoms with Gasteiger partial charge in [-0.15, -0.1) is 0 Å². The summed E-state index contributed by atoms with van der Waals surface area (Å²) in [6, 6.07) is 2.19. The molecule has 27 heavy (non-hydrogen) atoms. The molecule has 0 saturated heterocycles. The summed E-state index contributed by atoms with van der Waals surface area (Å²) in [4.78, 5) is 32.3. The number of hydrogen-bond acceptors (Lipinski definition) is 6. The molecule has 1 saturated carbocycles. The van der Waals surface area contributed by atoms with Crippen molar-refractivity contribution in [2.45, 2.75) is 25.9 Å². The number of nitrogens with zero attached hydrogens (tertiary/aromatic N) is 4. The molecule has 2 aromatic rings. The van der Waals surface area contributed by atoms with Crippen LogP contribution in [0.25, 0.3) is 5.82 Å². The smallest absolute Gasteiger partial charge is 0.434 e. The summed E-state index contributed by atoms with van der Waals surface area (Å²) < 4.78 is 46.6. The van der Waals surface area contributed by atoms with Crippen LogP contribution >= 0.6 is 0 Å². The van der Waals surface area contributed by atoms with Gasteiger partial charge in [0.1, 0.15) is 18.2 Å². The molecule has 2 aromatic heterocycles. The van der Waals surface area contributed by atoms with Crippen LogP contribution in [-0.2, 0) is 15.7 Å². The van der Waals surface area contributed by atoms with E-state index in [1.54, 1.807) is 6.92 Å². The molecule has 3 rings (SSSR count). The third-order valence-corrected chi connectivity index (χ3v) is 3.87. The van der Waals surface area contributed by atoms with E-state index in [-0.39, 0.29) is 18.3 Å². The van der Waals surface area contributed by atoms with Crippen molar-refractivity contribution in [2.75, 3.05) is 6.61 Å². The first kappa shape index (κ1) is 18.7. The van der Waals surface area contributed by atoms with Crippen LogP contribution in [0.3, 0.4) is 0 Å². The van der Waals surface area contributed by atoms with Crippen LogP contribution in [0.5, 0.6) is 0 Å². The Kier molecular flexibility index (Phi) is 5.06. The van der Waals surface area contributed by atoms with Crippen molar-refractivity contribution in [3.63, 3.8) is 0 Å². The van der Waals surface area contributed by atoms with E-state index in [1.807, 2.05) is 0 Å². The molecule has 10 heteroatoms. The quantitative estimate of drug-likeness (QED) is 0.241. The zero-order valence-corrected chi connectivity index (χ0v) is 14.2. The second kappa shape index (κ2) is 7.29. The molecule has 0 aromatic carbocycles. The highest BCUT2D eigenvalue weighted by Crippen LogP contribution is 2.35. The molecule has 0 unspecified atom stereocenters. The molecule has 0 aliphatic heterocycles. The van der Waals surface area contributed by atoms with Gasteiger partial charge in [-0.05, 0) is 31.9 Å². The van der Waals surface area contributed by atoms with Crippen molar-refractivity contribution in [1.82, 2.24) is 19.7 Å². The lowest BCUT2D eigenvalue weighted by atomic mass is 9.97. The van der Waals surface area contributed by atoms with Crippen molar-refractivity contribution in [3.05, 3.63) is 47.9 Å². The van der Waals surface area contributed by atoms with Gasteiger partial charge in [-0.1, -0.05) is 0 Å². The highest BCUT2D eigenvalue weighted by molar-refractivity contribution is 6.27. The van der Waals surface area contributed by atoms with E-state index in [2.05, 4.69) is 15.1 Å². The first-order valence-corrected chi connectivity index (χ1v) is 8.16. The summed E-state index contributed by atoms with van der Waals surface area (Å²) in [7, 11) is 0. The lowest BCUT2D eigenvalue weighted by molar-refractivity contribution is -0.141. The van der Waals surface area contributed by atoms with Gasteiger partial charge in [0.05, 0.1) is 18.4 Å². The van der Waals surface area contributed by atoms with E-state index in [0.29, 0.717) is 12.8 Å². The molecular weight excluding hydrogens is 365 g/mol. The molecule has 0 N–H and O–H groups in total. The number of aromatic nitrogens is 4. The third-order valence-electron chi connectivity index (χ3n) is 3.87. The van der Waals surface area contributed by atoms with Gasteiger partial charge in [0.25, 0.3) is 0 Å². The fourth-order valence-corrected chi connectivity index (χ4v) is 2.40. The monoisotopic (exact) mass is 380 g/mol. The van der Waals surface area contributed by atoms with Gasteiger partial charge in [-0.2, -0.15) is 18.3 Å². The normalized spacial score (nSPS) is 14.9. The Hall–Kier alpha value is -3.04. The number of halogens is 3. The second-order valence-corrected chi connectivity index (χ2v) is 5.86. The first-order chi connectivity index (χ1) is 12.8. The Bertz CT molecular complexity index is 887. The number of allylic oxidation sites excluding steroid dienone is 1. The summed E-state index contributed by atoms with van der Waals surface area (Å²) in [5, 5.41) is 3.72. The van der Waals surface area contributed by atoms with Crippen molar-refractivity contribution in [3.8, 4) is 5.82 Å². The molecule has 7 nitrogen and oxygen atoms in total. The van der Waals surface area contributed by atoms with Crippen LogP contribution < -0.4 is 0 Å². The molecule has 1 aliphatic rings. The predicted molar refractivity (Wildman–Crippen MR) is 85.9 cm³/mol. The summed E-state index contributed by atoms with van der Waals surface area (Å²) in [6.45, 7) is 1.81.